The molecule has 4 heteroatoms. The standard InChI is InChI=1S/C8H14O3S/c1-6-4-11-12(9,10)5-7(2)8(6)3/h6H,4-5H2,1-3H3. The highest BCUT2D eigenvalue weighted by Gasteiger charge is 2.21. The second-order valence-electron chi connectivity index (χ2n) is 3.35. The van der Waals surface area contributed by atoms with Crippen LogP contribution in [-0.2, 0) is 14.3 Å². The van der Waals surface area contributed by atoms with Crippen molar-refractivity contribution in [1.82, 2.24) is 0 Å². The Hall–Kier alpha value is -0.350. The summed E-state index contributed by atoms with van der Waals surface area (Å²) in [7, 11) is -3.29. The second-order valence-corrected chi connectivity index (χ2v) is 4.99. The molecule has 0 aromatic carbocycles. The van der Waals surface area contributed by atoms with Gasteiger partial charge in [-0.25, -0.2) is 0 Å². The Kier molecular flexibility index (Phi) is 2.58. The molecule has 0 aromatic heterocycles. The third-order valence-electron chi connectivity index (χ3n) is 2.30. The first-order chi connectivity index (χ1) is 5.42. The van der Waals surface area contributed by atoms with Crippen molar-refractivity contribution in [2.45, 2.75) is 20.8 Å². The zero-order valence-corrected chi connectivity index (χ0v) is 8.44. The molecule has 0 amide bonds. The van der Waals surface area contributed by atoms with Crippen LogP contribution in [0.2, 0.25) is 0 Å². The zero-order valence-electron chi connectivity index (χ0n) is 7.62. The van der Waals surface area contributed by atoms with Crippen LogP contribution in [0.5, 0.6) is 0 Å². The fourth-order valence-corrected chi connectivity index (χ4v) is 2.42. The molecule has 1 rings (SSSR count). The molecule has 0 saturated heterocycles. The van der Waals surface area contributed by atoms with Crippen molar-refractivity contribution in [3.63, 3.8) is 0 Å². The van der Waals surface area contributed by atoms with Gasteiger partial charge in [-0.15, -0.1) is 0 Å². The van der Waals surface area contributed by atoms with Crippen molar-refractivity contribution in [1.29, 1.82) is 0 Å². The lowest BCUT2D eigenvalue weighted by molar-refractivity contribution is 0.288. The highest BCUT2D eigenvalue weighted by atomic mass is 32.2. The normalized spacial score (nSPS) is 30.1. The highest BCUT2D eigenvalue weighted by molar-refractivity contribution is 7.86. The summed E-state index contributed by atoms with van der Waals surface area (Å²) in [5, 5.41) is 0. The third kappa shape index (κ3) is 2.08. The average molecular weight is 190 g/mol. The minimum atomic E-state index is -3.29. The van der Waals surface area contributed by atoms with Crippen molar-refractivity contribution < 1.29 is 12.6 Å². The van der Waals surface area contributed by atoms with Crippen molar-refractivity contribution in [2.24, 2.45) is 5.92 Å². The Balaban J connectivity index is 3.00. The molecule has 0 bridgehead atoms. The first-order valence-electron chi connectivity index (χ1n) is 3.96. The van der Waals surface area contributed by atoms with E-state index in [0.29, 0.717) is 0 Å². The van der Waals surface area contributed by atoms with E-state index in [1.54, 1.807) is 0 Å². The Morgan fingerprint density at radius 3 is 2.58 bits per heavy atom. The molecule has 1 atom stereocenters. The predicted octanol–water partition coefficient (Wildman–Crippen LogP) is 1.32. The van der Waals surface area contributed by atoms with E-state index in [1.807, 2.05) is 20.8 Å². The maximum Gasteiger partial charge on any atom is 0.271 e. The summed E-state index contributed by atoms with van der Waals surface area (Å²) in [5.74, 6) is 0.255. The molecule has 1 heterocycles. The summed E-state index contributed by atoms with van der Waals surface area (Å²) < 4.78 is 27.0. The lowest BCUT2D eigenvalue weighted by Crippen LogP contribution is -2.11. The van der Waals surface area contributed by atoms with Crippen molar-refractivity contribution in [2.75, 3.05) is 12.4 Å². The van der Waals surface area contributed by atoms with E-state index in [1.165, 1.54) is 0 Å². The van der Waals surface area contributed by atoms with Crippen molar-refractivity contribution >= 4 is 10.1 Å². The topological polar surface area (TPSA) is 43.4 Å². The van der Waals surface area contributed by atoms with Gasteiger partial charge in [0.05, 0.1) is 12.4 Å². The molecule has 70 valence electrons. The minimum absolute atomic E-state index is 0.0448. The molecular weight excluding hydrogens is 176 g/mol. The van der Waals surface area contributed by atoms with Gasteiger partial charge in [-0.1, -0.05) is 18.1 Å². The smallest absolute Gasteiger partial charge is 0.269 e. The summed E-state index contributed by atoms with van der Waals surface area (Å²) in [4.78, 5) is 0. The van der Waals surface area contributed by atoms with E-state index in [-0.39, 0.29) is 18.3 Å². The zero-order chi connectivity index (χ0) is 9.35. The summed E-state index contributed by atoms with van der Waals surface area (Å²) >= 11 is 0. The molecule has 1 aliphatic heterocycles. The van der Waals surface area contributed by atoms with E-state index < -0.39 is 10.1 Å². The van der Waals surface area contributed by atoms with Gasteiger partial charge in [-0.2, -0.15) is 8.42 Å². The van der Waals surface area contributed by atoms with Crippen LogP contribution in [0.1, 0.15) is 20.8 Å². The van der Waals surface area contributed by atoms with Crippen LogP contribution in [0.3, 0.4) is 0 Å². The number of hydrogen-bond acceptors (Lipinski definition) is 3. The van der Waals surface area contributed by atoms with Gasteiger partial charge < -0.3 is 0 Å². The van der Waals surface area contributed by atoms with Crippen molar-refractivity contribution in [3.8, 4) is 0 Å². The molecule has 0 aliphatic carbocycles. The molecule has 0 spiro atoms. The third-order valence-corrected chi connectivity index (χ3v) is 3.59. The SMILES string of the molecule is CC1=C(C)C(C)COS(=O)(=O)C1. The maximum absolute atomic E-state index is 11.1. The minimum Gasteiger partial charge on any atom is -0.269 e. The Bertz CT molecular complexity index is 300. The van der Waals surface area contributed by atoms with Crippen LogP contribution in [-0.4, -0.2) is 20.8 Å². The average Bonchev–Trinajstić information content (AvgIpc) is 2.03. The fourth-order valence-electron chi connectivity index (χ4n) is 1.17. The molecule has 1 aliphatic rings. The van der Waals surface area contributed by atoms with E-state index >= 15 is 0 Å². The molecule has 0 saturated carbocycles. The van der Waals surface area contributed by atoms with Gasteiger partial charge in [0.1, 0.15) is 0 Å². The van der Waals surface area contributed by atoms with Gasteiger partial charge in [0.2, 0.25) is 0 Å². The van der Waals surface area contributed by atoms with Crippen LogP contribution in [0.25, 0.3) is 0 Å². The van der Waals surface area contributed by atoms with Crippen molar-refractivity contribution in [3.05, 3.63) is 11.1 Å². The first kappa shape index (κ1) is 9.74. The summed E-state index contributed by atoms with van der Waals surface area (Å²) in [6.07, 6.45) is 0. The molecule has 1 unspecified atom stereocenters. The molecule has 3 nitrogen and oxygen atoms in total. The monoisotopic (exact) mass is 190 g/mol. The maximum atomic E-state index is 11.1. The summed E-state index contributed by atoms with van der Waals surface area (Å²) in [6.45, 7) is 6.06. The summed E-state index contributed by atoms with van der Waals surface area (Å²) in [5.41, 5.74) is 2.05. The molecule has 0 radical (unpaired) electrons. The second kappa shape index (κ2) is 3.18. The largest absolute Gasteiger partial charge is 0.271 e. The highest BCUT2D eigenvalue weighted by Crippen LogP contribution is 2.21. The quantitative estimate of drug-likeness (QED) is 0.427. The van der Waals surface area contributed by atoms with Crippen LogP contribution in [0, 0.1) is 5.92 Å². The lowest BCUT2D eigenvalue weighted by Gasteiger charge is -2.08. The van der Waals surface area contributed by atoms with E-state index in [0.717, 1.165) is 11.1 Å². The lowest BCUT2D eigenvalue weighted by atomic mass is 10.00. The van der Waals surface area contributed by atoms with E-state index in [9.17, 15) is 8.42 Å². The molecule has 0 aromatic rings. The van der Waals surface area contributed by atoms with Gasteiger partial charge in [0, 0.05) is 5.92 Å². The van der Waals surface area contributed by atoms with Gasteiger partial charge in [0.25, 0.3) is 10.1 Å². The van der Waals surface area contributed by atoms with Gasteiger partial charge in [-0.05, 0) is 13.8 Å². The Morgan fingerprint density at radius 2 is 2.00 bits per heavy atom. The Labute approximate surface area is 73.5 Å². The van der Waals surface area contributed by atoms with Gasteiger partial charge in [-0.3, -0.25) is 4.18 Å². The van der Waals surface area contributed by atoms with Gasteiger partial charge in [0.15, 0.2) is 0 Å². The predicted molar refractivity (Wildman–Crippen MR) is 47.3 cm³/mol. The van der Waals surface area contributed by atoms with Crippen LogP contribution < -0.4 is 0 Å². The van der Waals surface area contributed by atoms with E-state index in [2.05, 4.69) is 0 Å². The van der Waals surface area contributed by atoms with Crippen LogP contribution >= 0.6 is 0 Å². The molecular formula is C8H14O3S. The molecule has 12 heavy (non-hydrogen) atoms. The first-order valence-corrected chi connectivity index (χ1v) is 5.53. The molecule has 0 N–H and O–H groups in total. The summed E-state index contributed by atoms with van der Waals surface area (Å²) in [6, 6.07) is 0. The van der Waals surface area contributed by atoms with Crippen LogP contribution in [0.15, 0.2) is 11.1 Å². The number of hydrogen-bond donors (Lipinski definition) is 0. The molecule has 0 fully saturated rings. The Morgan fingerprint density at radius 1 is 1.42 bits per heavy atom. The number of rotatable bonds is 0. The van der Waals surface area contributed by atoms with Gasteiger partial charge >= 0.3 is 0 Å². The van der Waals surface area contributed by atoms with E-state index in [4.69, 9.17) is 4.18 Å². The van der Waals surface area contributed by atoms with Crippen LogP contribution in [0.4, 0.5) is 0 Å². The fraction of sp³-hybridized carbons (Fsp3) is 0.750.